The van der Waals surface area contributed by atoms with Gasteiger partial charge in [-0.05, 0) is 25.5 Å². The van der Waals surface area contributed by atoms with E-state index >= 15 is 0 Å². The van der Waals surface area contributed by atoms with E-state index in [-0.39, 0.29) is 30.7 Å². The smallest absolute Gasteiger partial charge is 0.261 e. The van der Waals surface area contributed by atoms with E-state index in [2.05, 4.69) is 5.32 Å². The van der Waals surface area contributed by atoms with Crippen molar-refractivity contribution in [1.29, 1.82) is 0 Å². The SMILES string of the molecule is CCN(CCCNC(=O)CCN1C(=O)c2ccc(C)cc2C1=O)S(C)(=O)=O. The van der Waals surface area contributed by atoms with Crippen LogP contribution >= 0.6 is 0 Å². The Morgan fingerprint density at radius 3 is 2.48 bits per heavy atom. The number of carbonyl (C=O) groups excluding carboxylic acids is 3. The normalized spacial score (nSPS) is 14.0. The van der Waals surface area contributed by atoms with Gasteiger partial charge >= 0.3 is 0 Å². The first-order valence-corrected chi connectivity index (χ1v) is 10.7. The molecule has 27 heavy (non-hydrogen) atoms. The van der Waals surface area contributed by atoms with Gasteiger partial charge in [0.15, 0.2) is 0 Å². The molecule has 1 aliphatic rings. The standard InChI is InChI=1S/C18H25N3O5S/c1-4-20(27(3,25)26)10-5-9-19-16(22)8-11-21-17(23)14-7-6-13(2)12-15(14)18(21)24/h6-7,12H,4-5,8-11H2,1-3H3,(H,19,22). The van der Waals surface area contributed by atoms with Crippen molar-refractivity contribution in [2.75, 3.05) is 32.4 Å². The van der Waals surface area contributed by atoms with Crippen molar-refractivity contribution >= 4 is 27.7 Å². The molecule has 9 heteroatoms. The number of hydrogen-bond donors (Lipinski definition) is 1. The summed E-state index contributed by atoms with van der Waals surface area (Å²) in [6.45, 7) is 4.65. The Hall–Kier alpha value is -2.26. The van der Waals surface area contributed by atoms with Crippen LogP contribution in [0.1, 0.15) is 46.0 Å². The summed E-state index contributed by atoms with van der Waals surface area (Å²) in [7, 11) is -3.24. The van der Waals surface area contributed by atoms with Crippen LogP contribution in [0.25, 0.3) is 0 Å². The van der Waals surface area contributed by atoms with Gasteiger partial charge in [0.25, 0.3) is 11.8 Å². The van der Waals surface area contributed by atoms with Crippen molar-refractivity contribution in [2.45, 2.75) is 26.7 Å². The van der Waals surface area contributed by atoms with Gasteiger partial charge in [0.2, 0.25) is 15.9 Å². The maximum absolute atomic E-state index is 12.3. The summed E-state index contributed by atoms with van der Waals surface area (Å²) in [5, 5.41) is 2.69. The van der Waals surface area contributed by atoms with Crippen molar-refractivity contribution < 1.29 is 22.8 Å². The zero-order valence-corrected chi connectivity index (χ0v) is 16.6. The van der Waals surface area contributed by atoms with Gasteiger partial charge in [-0.25, -0.2) is 12.7 Å². The fourth-order valence-electron chi connectivity index (χ4n) is 2.95. The molecular weight excluding hydrogens is 370 g/mol. The second kappa shape index (κ2) is 8.62. The summed E-state index contributed by atoms with van der Waals surface area (Å²) in [4.78, 5) is 37.7. The number of nitrogens with one attached hydrogen (secondary N) is 1. The summed E-state index contributed by atoms with van der Waals surface area (Å²) >= 11 is 0. The summed E-state index contributed by atoms with van der Waals surface area (Å²) in [6.07, 6.45) is 1.64. The number of benzene rings is 1. The Morgan fingerprint density at radius 2 is 1.85 bits per heavy atom. The quantitative estimate of drug-likeness (QED) is 0.491. The molecule has 0 unspecified atom stereocenters. The van der Waals surface area contributed by atoms with Crippen molar-refractivity contribution in [3.05, 3.63) is 34.9 Å². The molecule has 0 saturated carbocycles. The molecule has 1 aromatic carbocycles. The topological polar surface area (TPSA) is 104 Å². The number of rotatable bonds is 9. The third-order valence-corrected chi connectivity index (χ3v) is 5.80. The lowest BCUT2D eigenvalue weighted by Gasteiger charge is -2.17. The molecule has 1 heterocycles. The number of carbonyl (C=O) groups is 3. The van der Waals surface area contributed by atoms with Gasteiger partial charge in [-0.1, -0.05) is 18.6 Å². The van der Waals surface area contributed by atoms with Crippen LogP contribution in [0.15, 0.2) is 18.2 Å². The van der Waals surface area contributed by atoms with Gasteiger partial charge in [-0.2, -0.15) is 0 Å². The molecule has 0 radical (unpaired) electrons. The van der Waals surface area contributed by atoms with Crippen LogP contribution < -0.4 is 5.32 Å². The van der Waals surface area contributed by atoms with Crippen molar-refractivity contribution in [2.24, 2.45) is 0 Å². The Bertz CT molecular complexity index is 851. The fourth-order valence-corrected chi connectivity index (χ4v) is 3.88. The zero-order chi connectivity index (χ0) is 20.2. The van der Waals surface area contributed by atoms with Crippen molar-refractivity contribution in [3.63, 3.8) is 0 Å². The van der Waals surface area contributed by atoms with Gasteiger partial charge < -0.3 is 5.32 Å². The molecule has 0 bridgehead atoms. The Morgan fingerprint density at radius 1 is 1.19 bits per heavy atom. The van der Waals surface area contributed by atoms with Crippen molar-refractivity contribution in [1.82, 2.24) is 14.5 Å². The molecule has 0 atom stereocenters. The number of aryl methyl sites for hydroxylation is 1. The molecule has 1 aromatic rings. The molecule has 0 aliphatic carbocycles. The fraction of sp³-hybridized carbons (Fsp3) is 0.500. The van der Waals surface area contributed by atoms with Crippen LogP contribution in [-0.2, 0) is 14.8 Å². The Balaban J connectivity index is 1.78. The maximum atomic E-state index is 12.3. The molecule has 1 N–H and O–H groups in total. The summed E-state index contributed by atoms with van der Waals surface area (Å²) < 4.78 is 24.3. The van der Waals surface area contributed by atoms with Crippen LogP contribution in [0, 0.1) is 6.92 Å². The minimum atomic E-state index is -3.24. The summed E-state index contributed by atoms with van der Waals surface area (Å²) in [5.41, 5.74) is 1.64. The third-order valence-electron chi connectivity index (χ3n) is 4.42. The van der Waals surface area contributed by atoms with E-state index in [9.17, 15) is 22.8 Å². The highest BCUT2D eigenvalue weighted by atomic mass is 32.2. The van der Waals surface area contributed by atoms with Crippen LogP contribution in [0.2, 0.25) is 0 Å². The van der Waals surface area contributed by atoms with E-state index in [1.807, 2.05) is 6.92 Å². The van der Waals surface area contributed by atoms with E-state index < -0.39 is 10.0 Å². The van der Waals surface area contributed by atoms with Gasteiger partial charge in [0.05, 0.1) is 17.4 Å². The number of fused-ring (bicyclic) bond motifs is 1. The van der Waals surface area contributed by atoms with Gasteiger partial charge in [0, 0.05) is 32.6 Å². The summed E-state index contributed by atoms with van der Waals surface area (Å²) in [5.74, 6) is -1.04. The Kier molecular flexibility index (Phi) is 6.72. The summed E-state index contributed by atoms with van der Waals surface area (Å²) in [6, 6.07) is 5.08. The first kappa shape index (κ1) is 21.0. The molecule has 8 nitrogen and oxygen atoms in total. The number of amides is 3. The van der Waals surface area contributed by atoms with E-state index in [4.69, 9.17) is 0 Å². The van der Waals surface area contributed by atoms with E-state index in [0.717, 1.165) is 16.7 Å². The number of hydrogen-bond acceptors (Lipinski definition) is 5. The lowest BCUT2D eigenvalue weighted by atomic mass is 10.1. The van der Waals surface area contributed by atoms with E-state index in [1.165, 1.54) is 4.31 Å². The van der Waals surface area contributed by atoms with Gasteiger partial charge in [-0.15, -0.1) is 0 Å². The largest absolute Gasteiger partial charge is 0.356 e. The maximum Gasteiger partial charge on any atom is 0.261 e. The number of sulfonamides is 1. The molecular formula is C18H25N3O5S. The molecule has 0 aromatic heterocycles. The average molecular weight is 395 g/mol. The lowest BCUT2D eigenvalue weighted by Crippen LogP contribution is -2.36. The monoisotopic (exact) mass is 395 g/mol. The van der Waals surface area contributed by atoms with E-state index in [0.29, 0.717) is 37.2 Å². The van der Waals surface area contributed by atoms with Crippen molar-refractivity contribution in [3.8, 4) is 0 Å². The lowest BCUT2D eigenvalue weighted by molar-refractivity contribution is -0.121. The average Bonchev–Trinajstić information content (AvgIpc) is 2.82. The highest BCUT2D eigenvalue weighted by Gasteiger charge is 2.35. The Labute approximate surface area is 159 Å². The molecule has 148 valence electrons. The molecule has 0 spiro atoms. The second-order valence-corrected chi connectivity index (χ2v) is 8.50. The molecule has 0 saturated heterocycles. The first-order chi connectivity index (χ1) is 12.6. The van der Waals surface area contributed by atoms with Crippen LogP contribution in [0.3, 0.4) is 0 Å². The minimum Gasteiger partial charge on any atom is -0.356 e. The predicted octanol–water partition coefficient (Wildman–Crippen LogP) is 0.769. The highest BCUT2D eigenvalue weighted by Crippen LogP contribution is 2.23. The van der Waals surface area contributed by atoms with Crippen LogP contribution in [0.5, 0.6) is 0 Å². The molecule has 3 amide bonds. The van der Waals surface area contributed by atoms with Crippen LogP contribution in [-0.4, -0.2) is 67.8 Å². The van der Waals surface area contributed by atoms with Gasteiger partial charge in [0.1, 0.15) is 0 Å². The number of imide groups is 1. The minimum absolute atomic E-state index is 0.00796. The molecule has 2 rings (SSSR count). The zero-order valence-electron chi connectivity index (χ0n) is 15.8. The predicted molar refractivity (Wildman–Crippen MR) is 101 cm³/mol. The third kappa shape index (κ3) is 5.14. The first-order valence-electron chi connectivity index (χ1n) is 8.83. The number of nitrogens with zero attached hydrogens (tertiary/aromatic N) is 2. The van der Waals surface area contributed by atoms with E-state index in [1.54, 1.807) is 25.1 Å². The van der Waals surface area contributed by atoms with Gasteiger partial charge in [-0.3, -0.25) is 19.3 Å². The van der Waals surface area contributed by atoms with Crippen LogP contribution in [0.4, 0.5) is 0 Å². The second-order valence-electron chi connectivity index (χ2n) is 6.52. The molecule has 0 fully saturated rings. The highest BCUT2D eigenvalue weighted by molar-refractivity contribution is 7.88. The molecule has 1 aliphatic heterocycles.